The lowest BCUT2D eigenvalue weighted by atomic mass is 10.0. The van der Waals surface area contributed by atoms with Crippen molar-refractivity contribution in [2.24, 2.45) is 0 Å². The van der Waals surface area contributed by atoms with Crippen molar-refractivity contribution in [1.82, 2.24) is 0 Å². The van der Waals surface area contributed by atoms with E-state index in [2.05, 4.69) is 4.79 Å². The summed E-state index contributed by atoms with van der Waals surface area (Å²) in [5.74, 6) is 0.159. The highest BCUT2D eigenvalue weighted by atomic mass is 16.5. The number of hydrogen-bond donors (Lipinski definition) is 1. The van der Waals surface area contributed by atoms with Gasteiger partial charge in [0, 0.05) is 6.92 Å². The third kappa shape index (κ3) is 2.53. The van der Waals surface area contributed by atoms with Crippen molar-refractivity contribution in [3.05, 3.63) is 35.4 Å². The average Bonchev–Trinajstić information content (AvgIpc) is 2.29. The van der Waals surface area contributed by atoms with E-state index in [1.807, 2.05) is 0 Å². The highest BCUT2D eigenvalue weighted by Crippen LogP contribution is 2.18. The molecule has 1 rings (SSSR count). The Kier molecular flexibility index (Phi) is 3.94. The van der Waals surface area contributed by atoms with E-state index >= 15 is 0 Å². The molecule has 5 nitrogen and oxygen atoms in total. The van der Waals surface area contributed by atoms with E-state index in [4.69, 9.17) is 10.3 Å². The van der Waals surface area contributed by atoms with E-state index in [-0.39, 0.29) is 5.71 Å². The molecule has 0 heterocycles. The highest BCUT2D eigenvalue weighted by Gasteiger charge is 2.27. The summed E-state index contributed by atoms with van der Waals surface area (Å²) in [4.78, 5) is 13.8. The van der Waals surface area contributed by atoms with E-state index in [1.54, 1.807) is 24.3 Å². The molecule has 1 aromatic rings. The van der Waals surface area contributed by atoms with Gasteiger partial charge in [0.15, 0.2) is 6.10 Å². The van der Waals surface area contributed by atoms with Gasteiger partial charge in [-0.25, -0.2) is 0 Å². The second kappa shape index (κ2) is 5.21. The normalized spacial score (nSPS) is 11.4. The van der Waals surface area contributed by atoms with Gasteiger partial charge in [-0.2, -0.15) is 4.79 Å². The third-order valence-corrected chi connectivity index (χ3v) is 2.16. The van der Waals surface area contributed by atoms with Gasteiger partial charge in [0.2, 0.25) is 5.78 Å². The molecule has 16 heavy (non-hydrogen) atoms. The van der Waals surface area contributed by atoms with Crippen molar-refractivity contribution in [2.75, 3.05) is 7.11 Å². The molecule has 0 radical (unpaired) electrons. The molecule has 0 aliphatic rings. The summed E-state index contributed by atoms with van der Waals surface area (Å²) < 4.78 is 4.95. The Hall–Kier alpha value is -1.97. The molecule has 0 saturated heterocycles. The summed E-state index contributed by atoms with van der Waals surface area (Å²) in [5.41, 5.74) is 8.79. The number of methoxy groups -OCH3 is 1. The second-order valence-corrected chi connectivity index (χ2v) is 3.22. The SMILES string of the molecule is COc1ccc(C(O)C(=[N+]=[N-])C(C)=O)cc1. The maximum Gasteiger partial charge on any atom is 0.366 e. The Labute approximate surface area is 92.9 Å². The number of benzene rings is 1. The fraction of sp³-hybridized carbons (Fsp3) is 0.273. The summed E-state index contributed by atoms with van der Waals surface area (Å²) >= 11 is 0. The molecule has 5 heteroatoms. The minimum atomic E-state index is -1.23. The molecule has 0 bridgehead atoms. The van der Waals surface area contributed by atoms with Crippen LogP contribution in [0.5, 0.6) is 5.75 Å². The van der Waals surface area contributed by atoms with Crippen LogP contribution in [0.3, 0.4) is 0 Å². The number of carbonyl (C=O) groups is 1. The summed E-state index contributed by atoms with van der Waals surface area (Å²) in [6.45, 7) is 1.22. The van der Waals surface area contributed by atoms with E-state index in [9.17, 15) is 9.90 Å². The Morgan fingerprint density at radius 2 is 2.00 bits per heavy atom. The minimum Gasteiger partial charge on any atom is -0.497 e. The lowest BCUT2D eigenvalue weighted by molar-refractivity contribution is -0.117. The van der Waals surface area contributed by atoms with Crippen molar-refractivity contribution in [1.29, 1.82) is 0 Å². The van der Waals surface area contributed by atoms with Gasteiger partial charge in [-0.05, 0) is 17.7 Å². The molecule has 0 amide bonds. The van der Waals surface area contributed by atoms with Crippen molar-refractivity contribution < 1.29 is 19.4 Å². The minimum absolute atomic E-state index is 0.287. The predicted octanol–water partition coefficient (Wildman–Crippen LogP) is 0.988. The zero-order valence-corrected chi connectivity index (χ0v) is 9.04. The summed E-state index contributed by atoms with van der Waals surface area (Å²) in [6.07, 6.45) is -1.23. The molecule has 1 N–H and O–H groups in total. The van der Waals surface area contributed by atoms with Crippen molar-refractivity contribution in [3.8, 4) is 5.75 Å². The van der Waals surface area contributed by atoms with E-state index in [1.165, 1.54) is 14.0 Å². The zero-order valence-electron chi connectivity index (χ0n) is 9.04. The first-order valence-corrected chi connectivity index (χ1v) is 4.65. The topological polar surface area (TPSA) is 82.9 Å². The number of rotatable bonds is 4. The van der Waals surface area contributed by atoms with Gasteiger partial charge in [-0.3, -0.25) is 4.79 Å². The van der Waals surface area contributed by atoms with Gasteiger partial charge >= 0.3 is 5.71 Å². The average molecular weight is 220 g/mol. The van der Waals surface area contributed by atoms with Gasteiger partial charge in [0.1, 0.15) is 5.75 Å². The summed E-state index contributed by atoms with van der Waals surface area (Å²) in [5, 5.41) is 9.76. The molecule has 0 fully saturated rings. The van der Waals surface area contributed by atoms with Crippen molar-refractivity contribution in [3.63, 3.8) is 0 Å². The molecule has 0 aliphatic heterocycles. The molecule has 84 valence electrons. The number of ether oxygens (including phenoxy) is 1. The number of Topliss-reactive ketones (excluding diaryl/α,β-unsaturated/α-hetero) is 1. The molecule has 1 aromatic carbocycles. The van der Waals surface area contributed by atoms with Crippen LogP contribution in [0.4, 0.5) is 0 Å². The standard InChI is InChI=1S/C11H12N2O3/c1-7(14)10(13-12)11(15)8-3-5-9(16-2)6-4-8/h3-6,11,15H,1-2H3. The monoisotopic (exact) mass is 220 g/mol. The maximum atomic E-state index is 11.0. The summed E-state index contributed by atoms with van der Waals surface area (Å²) in [7, 11) is 1.53. The largest absolute Gasteiger partial charge is 0.497 e. The number of aliphatic hydroxyl groups excluding tert-OH is 1. The maximum absolute atomic E-state index is 11.0. The lowest BCUT2D eigenvalue weighted by Crippen LogP contribution is -2.20. The molecular formula is C11H12N2O3. The van der Waals surface area contributed by atoms with Gasteiger partial charge in [-0.15, -0.1) is 0 Å². The molecule has 0 aromatic heterocycles. The van der Waals surface area contributed by atoms with Crippen LogP contribution in [0.15, 0.2) is 24.3 Å². The Bertz CT molecular complexity index is 433. The Morgan fingerprint density at radius 3 is 2.38 bits per heavy atom. The lowest BCUT2D eigenvalue weighted by Gasteiger charge is -2.06. The van der Waals surface area contributed by atoms with Gasteiger partial charge in [0.25, 0.3) is 0 Å². The third-order valence-electron chi connectivity index (χ3n) is 2.16. The van der Waals surface area contributed by atoms with Gasteiger partial charge in [0.05, 0.1) is 7.11 Å². The van der Waals surface area contributed by atoms with Crippen molar-refractivity contribution >= 4 is 11.5 Å². The van der Waals surface area contributed by atoms with Crippen LogP contribution in [0, 0.1) is 0 Å². The predicted molar refractivity (Wildman–Crippen MR) is 57.3 cm³/mol. The molecule has 0 spiro atoms. The van der Waals surface area contributed by atoms with Gasteiger partial charge in [-0.1, -0.05) is 12.1 Å². The number of carbonyl (C=O) groups excluding carboxylic acids is 1. The van der Waals surface area contributed by atoms with Gasteiger partial charge < -0.3 is 15.4 Å². The first-order chi connectivity index (χ1) is 7.60. The van der Waals surface area contributed by atoms with Crippen LogP contribution in [-0.2, 0) is 4.79 Å². The van der Waals surface area contributed by atoms with Crippen LogP contribution in [-0.4, -0.2) is 28.5 Å². The van der Waals surface area contributed by atoms with Crippen LogP contribution < -0.4 is 4.74 Å². The molecule has 1 unspecified atom stereocenters. The quantitative estimate of drug-likeness (QED) is 0.466. The molecule has 0 aliphatic carbocycles. The Morgan fingerprint density at radius 1 is 1.44 bits per heavy atom. The first-order valence-electron chi connectivity index (χ1n) is 4.65. The van der Waals surface area contributed by atoms with E-state index in [0.717, 1.165) is 0 Å². The first kappa shape index (κ1) is 12.1. The Balaban J connectivity index is 3.00. The number of hydrogen-bond acceptors (Lipinski definition) is 3. The molecule has 0 saturated carbocycles. The van der Waals surface area contributed by atoms with Crippen molar-refractivity contribution in [2.45, 2.75) is 13.0 Å². The van der Waals surface area contributed by atoms with Crippen LogP contribution in [0.25, 0.3) is 5.53 Å². The van der Waals surface area contributed by atoms with E-state index in [0.29, 0.717) is 11.3 Å². The fourth-order valence-electron chi connectivity index (χ4n) is 1.26. The number of nitrogens with zero attached hydrogens (tertiary/aromatic N) is 2. The zero-order chi connectivity index (χ0) is 12.1. The number of ketones is 1. The number of aliphatic hydroxyl groups is 1. The van der Waals surface area contributed by atoms with Crippen LogP contribution in [0.2, 0.25) is 0 Å². The molecular weight excluding hydrogens is 208 g/mol. The fourth-order valence-corrected chi connectivity index (χ4v) is 1.26. The smallest absolute Gasteiger partial charge is 0.366 e. The second-order valence-electron chi connectivity index (χ2n) is 3.22. The van der Waals surface area contributed by atoms with E-state index < -0.39 is 11.9 Å². The summed E-state index contributed by atoms with van der Waals surface area (Å²) in [6, 6.07) is 6.48. The van der Waals surface area contributed by atoms with Crippen LogP contribution in [0.1, 0.15) is 18.6 Å². The molecule has 1 atom stereocenters. The van der Waals surface area contributed by atoms with Crippen LogP contribution >= 0.6 is 0 Å². The highest BCUT2D eigenvalue weighted by molar-refractivity contribution is 6.38.